The Hall–Kier alpha value is -1.68. The fraction of sp³-hybridized carbons (Fsp3) is 0.250. The van der Waals surface area contributed by atoms with E-state index in [1.54, 1.807) is 7.11 Å². The van der Waals surface area contributed by atoms with E-state index in [9.17, 15) is 0 Å². The average molecular weight is 335 g/mol. The number of nitrogens with zero attached hydrogens (tertiary/aromatic N) is 1. The number of ether oxygens (including phenoxy) is 1. The maximum Gasteiger partial charge on any atom is 0.122 e. The average Bonchev–Trinajstić information content (AvgIpc) is 2.45. The molecule has 0 aliphatic heterocycles. The number of hydrogen-bond donors (Lipinski definition) is 1. The SMILES string of the molecule is COc1ccc(Br)cc1CCN(C)c1ccc(N)cc1. The second kappa shape index (κ2) is 6.66. The third-order valence-corrected chi connectivity index (χ3v) is 3.79. The van der Waals surface area contributed by atoms with E-state index in [4.69, 9.17) is 10.5 Å². The largest absolute Gasteiger partial charge is 0.496 e. The van der Waals surface area contributed by atoms with Crippen LogP contribution >= 0.6 is 15.9 Å². The number of benzene rings is 2. The van der Waals surface area contributed by atoms with Crippen molar-refractivity contribution in [2.24, 2.45) is 0 Å². The Morgan fingerprint density at radius 2 is 1.85 bits per heavy atom. The Balaban J connectivity index is 2.04. The molecule has 2 aromatic carbocycles. The highest BCUT2D eigenvalue weighted by Crippen LogP contribution is 2.24. The lowest BCUT2D eigenvalue weighted by atomic mass is 10.1. The lowest BCUT2D eigenvalue weighted by molar-refractivity contribution is 0.409. The van der Waals surface area contributed by atoms with Gasteiger partial charge in [-0.3, -0.25) is 0 Å². The molecule has 2 rings (SSSR count). The van der Waals surface area contributed by atoms with Gasteiger partial charge in [0.05, 0.1) is 7.11 Å². The number of nitrogens with two attached hydrogens (primary N) is 1. The summed E-state index contributed by atoms with van der Waals surface area (Å²) in [6.07, 6.45) is 0.920. The fourth-order valence-electron chi connectivity index (χ4n) is 2.09. The molecule has 0 saturated heterocycles. The maximum atomic E-state index is 5.71. The summed E-state index contributed by atoms with van der Waals surface area (Å²) in [7, 11) is 3.78. The van der Waals surface area contributed by atoms with Crippen molar-refractivity contribution in [3.05, 3.63) is 52.5 Å². The Kier molecular flexibility index (Phi) is 4.90. The van der Waals surface area contributed by atoms with E-state index in [-0.39, 0.29) is 0 Å². The third kappa shape index (κ3) is 3.67. The van der Waals surface area contributed by atoms with Crippen molar-refractivity contribution >= 4 is 27.3 Å². The highest BCUT2D eigenvalue weighted by Gasteiger charge is 2.06. The molecule has 0 saturated carbocycles. The molecule has 0 bridgehead atoms. The molecule has 106 valence electrons. The third-order valence-electron chi connectivity index (χ3n) is 3.29. The van der Waals surface area contributed by atoms with Crippen molar-refractivity contribution in [2.45, 2.75) is 6.42 Å². The fourth-order valence-corrected chi connectivity index (χ4v) is 2.50. The molecule has 0 spiro atoms. The summed E-state index contributed by atoms with van der Waals surface area (Å²) in [6.45, 7) is 0.913. The number of likely N-dealkylation sites (N-methyl/N-ethyl adjacent to an activating group) is 1. The zero-order valence-corrected chi connectivity index (χ0v) is 13.4. The lowest BCUT2D eigenvalue weighted by Crippen LogP contribution is -2.20. The van der Waals surface area contributed by atoms with Gasteiger partial charge in [0.25, 0.3) is 0 Å². The van der Waals surface area contributed by atoms with E-state index >= 15 is 0 Å². The van der Waals surface area contributed by atoms with Crippen molar-refractivity contribution in [3.8, 4) is 5.75 Å². The second-order valence-corrected chi connectivity index (χ2v) is 5.63. The Bertz CT molecular complexity index is 569. The summed E-state index contributed by atoms with van der Waals surface area (Å²) >= 11 is 3.50. The van der Waals surface area contributed by atoms with Crippen molar-refractivity contribution in [1.82, 2.24) is 0 Å². The summed E-state index contributed by atoms with van der Waals surface area (Å²) < 4.78 is 6.47. The maximum absolute atomic E-state index is 5.71. The van der Waals surface area contributed by atoms with Gasteiger partial charge in [-0.1, -0.05) is 15.9 Å². The van der Waals surface area contributed by atoms with E-state index < -0.39 is 0 Å². The molecule has 0 aromatic heterocycles. The molecule has 20 heavy (non-hydrogen) atoms. The minimum atomic E-state index is 0.788. The summed E-state index contributed by atoms with van der Waals surface area (Å²) in [5.74, 6) is 0.930. The van der Waals surface area contributed by atoms with Gasteiger partial charge in [0.1, 0.15) is 5.75 Å². The molecular formula is C16H19BrN2O. The first-order valence-electron chi connectivity index (χ1n) is 6.49. The van der Waals surface area contributed by atoms with Crippen LogP contribution in [0.5, 0.6) is 5.75 Å². The van der Waals surface area contributed by atoms with Crippen LogP contribution in [0.1, 0.15) is 5.56 Å². The molecule has 0 aliphatic rings. The Labute approximate surface area is 128 Å². The zero-order valence-electron chi connectivity index (χ0n) is 11.8. The van der Waals surface area contributed by atoms with Gasteiger partial charge in [-0.25, -0.2) is 0 Å². The number of hydrogen-bond acceptors (Lipinski definition) is 3. The first-order valence-corrected chi connectivity index (χ1v) is 7.28. The van der Waals surface area contributed by atoms with Crippen molar-refractivity contribution in [3.63, 3.8) is 0 Å². The van der Waals surface area contributed by atoms with Crippen LogP contribution in [0.2, 0.25) is 0 Å². The minimum Gasteiger partial charge on any atom is -0.496 e. The van der Waals surface area contributed by atoms with Gasteiger partial charge in [0.2, 0.25) is 0 Å². The summed E-state index contributed by atoms with van der Waals surface area (Å²) in [5, 5.41) is 0. The van der Waals surface area contributed by atoms with E-state index in [1.165, 1.54) is 5.56 Å². The number of methoxy groups -OCH3 is 1. The number of halogens is 1. The number of rotatable bonds is 5. The minimum absolute atomic E-state index is 0.788. The van der Waals surface area contributed by atoms with Crippen LogP contribution in [-0.4, -0.2) is 20.7 Å². The molecule has 4 heteroatoms. The van der Waals surface area contributed by atoms with E-state index in [1.807, 2.05) is 36.4 Å². The highest BCUT2D eigenvalue weighted by molar-refractivity contribution is 9.10. The molecule has 3 nitrogen and oxygen atoms in total. The number of anilines is 2. The molecule has 0 radical (unpaired) electrons. The Morgan fingerprint density at radius 3 is 2.50 bits per heavy atom. The van der Waals surface area contributed by atoms with Crippen molar-refractivity contribution in [2.75, 3.05) is 31.3 Å². The predicted octanol–water partition coefficient (Wildman–Crippen LogP) is 3.72. The smallest absolute Gasteiger partial charge is 0.122 e. The second-order valence-electron chi connectivity index (χ2n) is 4.72. The van der Waals surface area contributed by atoms with Crippen LogP contribution in [0.25, 0.3) is 0 Å². The van der Waals surface area contributed by atoms with Gasteiger partial charge < -0.3 is 15.4 Å². The predicted molar refractivity (Wildman–Crippen MR) is 88.5 cm³/mol. The lowest BCUT2D eigenvalue weighted by Gasteiger charge is -2.20. The normalized spacial score (nSPS) is 10.3. The van der Waals surface area contributed by atoms with Gasteiger partial charge in [0.15, 0.2) is 0 Å². The van der Waals surface area contributed by atoms with Crippen LogP contribution in [-0.2, 0) is 6.42 Å². The summed E-state index contributed by atoms with van der Waals surface area (Å²) in [6, 6.07) is 14.0. The van der Waals surface area contributed by atoms with Crippen LogP contribution < -0.4 is 15.4 Å². The summed E-state index contributed by atoms with van der Waals surface area (Å²) in [4.78, 5) is 2.21. The first kappa shape index (κ1) is 14.7. The van der Waals surface area contributed by atoms with Crippen LogP contribution in [0, 0.1) is 0 Å². The standard InChI is InChI=1S/C16H19BrN2O/c1-19(15-6-4-14(18)5-7-15)10-9-12-11-13(17)3-8-16(12)20-2/h3-8,11H,9-10,18H2,1-2H3. The van der Waals surface area contributed by atoms with Crippen molar-refractivity contribution < 1.29 is 4.74 Å². The highest BCUT2D eigenvalue weighted by atomic mass is 79.9. The first-order chi connectivity index (χ1) is 9.60. The molecule has 0 unspecified atom stereocenters. The van der Waals surface area contributed by atoms with Gasteiger partial charge in [0, 0.05) is 29.4 Å². The van der Waals surface area contributed by atoms with E-state index in [0.717, 1.165) is 34.6 Å². The van der Waals surface area contributed by atoms with Gasteiger partial charge >= 0.3 is 0 Å². The molecule has 0 aliphatic carbocycles. The molecule has 0 atom stereocenters. The van der Waals surface area contributed by atoms with Crippen molar-refractivity contribution in [1.29, 1.82) is 0 Å². The Morgan fingerprint density at radius 1 is 1.15 bits per heavy atom. The molecule has 2 N–H and O–H groups in total. The van der Waals surface area contributed by atoms with Crippen LogP contribution in [0.15, 0.2) is 46.9 Å². The van der Waals surface area contributed by atoms with E-state index in [0.29, 0.717) is 0 Å². The van der Waals surface area contributed by atoms with E-state index in [2.05, 4.69) is 33.9 Å². The molecule has 0 fully saturated rings. The van der Waals surface area contributed by atoms with Crippen LogP contribution in [0.4, 0.5) is 11.4 Å². The summed E-state index contributed by atoms with van der Waals surface area (Å²) in [5.41, 5.74) is 8.85. The van der Waals surface area contributed by atoms with Gasteiger partial charge in [-0.2, -0.15) is 0 Å². The quantitative estimate of drug-likeness (QED) is 0.847. The molecule has 0 amide bonds. The topological polar surface area (TPSA) is 38.5 Å². The van der Waals surface area contributed by atoms with Gasteiger partial charge in [-0.15, -0.1) is 0 Å². The van der Waals surface area contributed by atoms with Crippen LogP contribution in [0.3, 0.4) is 0 Å². The monoisotopic (exact) mass is 334 g/mol. The zero-order chi connectivity index (χ0) is 14.5. The van der Waals surface area contributed by atoms with Gasteiger partial charge in [-0.05, 0) is 54.4 Å². The molecular weight excluding hydrogens is 316 g/mol. The number of nitrogen functional groups attached to an aromatic ring is 1. The molecule has 2 aromatic rings. The molecule has 0 heterocycles.